The molecule has 4 aromatic rings. The van der Waals surface area contributed by atoms with Crippen LogP contribution in [0.25, 0.3) is 10.8 Å². The van der Waals surface area contributed by atoms with Gasteiger partial charge in [0.2, 0.25) is 0 Å². The predicted octanol–water partition coefficient (Wildman–Crippen LogP) is 6.59. The zero-order valence-corrected chi connectivity index (χ0v) is 18.3. The van der Waals surface area contributed by atoms with E-state index in [9.17, 15) is 4.79 Å². The Morgan fingerprint density at radius 2 is 1.61 bits per heavy atom. The summed E-state index contributed by atoms with van der Waals surface area (Å²) in [5.74, 6) is 0.590. The van der Waals surface area contributed by atoms with Crippen molar-refractivity contribution in [2.24, 2.45) is 0 Å². The number of Topliss-reactive ketones (excluding diaryl/α,β-unsaturated/α-hetero) is 1. The highest BCUT2D eigenvalue weighted by Crippen LogP contribution is 2.40. The number of hydrogen-bond acceptors (Lipinski definition) is 3. The molecule has 0 bridgehead atoms. The topological polar surface area (TPSA) is 38.3 Å². The second-order valence-electron chi connectivity index (χ2n) is 7.46. The fraction of sp³-hybridized carbons (Fsp3) is 0.0741. The van der Waals surface area contributed by atoms with E-state index in [1.807, 2.05) is 66.9 Å². The van der Waals surface area contributed by atoms with E-state index in [0.717, 1.165) is 10.0 Å². The lowest BCUT2D eigenvalue weighted by atomic mass is 9.91. The number of halogens is 1. The fourth-order valence-electron chi connectivity index (χ4n) is 4.00. The molecule has 4 heteroatoms. The van der Waals surface area contributed by atoms with E-state index in [2.05, 4.69) is 51.6 Å². The molecule has 1 atom stereocenters. The average molecular weight is 470 g/mol. The number of carbonyl (C=O) groups excluding carboxylic acids is 1. The van der Waals surface area contributed by atoms with Crippen molar-refractivity contribution in [3.05, 3.63) is 124 Å². The Bertz CT molecular complexity index is 1310. The smallest absolute Gasteiger partial charge is 0.198 e. The van der Waals surface area contributed by atoms with Gasteiger partial charge in [0.25, 0.3) is 0 Å². The molecule has 0 fully saturated rings. The number of hydrogen-bond donors (Lipinski definition) is 1. The summed E-state index contributed by atoms with van der Waals surface area (Å²) in [6.07, 6.45) is 1.32. The van der Waals surface area contributed by atoms with Gasteiger partial charge >= 0.3 is 0 Å². The highest BCUT2D eigenvalue weighted by Gasteiger charge is 2.33. The van der Waals surface area contributed by atoms with Crippen LogP contribution in [-0.2, 0) is 6.54 Å². The number of ether oxygens (including phenoxy) is 1. The van der Waals surface area contributed by atoms with E-state index in [0.29, 0.717) is 23.4 Å². The first-order valence-corrected chi connectivity index (χ1v) is 11.0. The van der Waals surface area contributed by atoms with Crippen LogP contribution in [0.5, 0.6) is 5.75 Å². The molecule has 31 heavy (non-hydrogen) atoms. The van der Waals surface area contributed by atoms with E-state index in [-0.39, 0.29) is 5.78 Å². The van der Waals surface area contributed by atoms with Crippen molar-refractivity contribution in [2.75, 3.05) is 0 Å². The lowest BCUT2D eigenvalue weighted by molar-refractivity contribution is 0.0959. The van der Waals surface area contributed by atoms with Crippen LogP contribution in [0.4, 0.5) is 0 Å². The number of para-hydroxylation sites is 1. The highest BCUT2D eigenvalue weighted by molar-refractivity contribution is 9.10. The van der Waals surface area contributed by atoms with Gasteiger partial charge in [0.1, 0.15) is 5.75 Å². The van der Waals surface area contributed by atoms with Crippen LogP contribution < -0.4 is 10.1 Å². The third-order valence-corrected chi connectivity index (χ3v) is 6.26. The molecule has 5 rings (SSSR count). The minimum Gasteiger partial charge on any atom is -0.480 e. The van der Waals surface area contributed by atoms with E-state index < -0.39 is 6.10 Å². The molecule has 1 heterocycles. The first kappa shape index (κ1) is 19.6. The summed E-state index contributed by atoms with van der Waals surface area (Å²) >= 11 is 3.61. The van der Waals surface area contributed by atoms with Gasteiger partial charge in [0.15, 0.2) is 11.9 Å². The molecule has 1 aliphatic rings. The molecule has 0 aromatic heterocycles. The van der Waals surface area contributed by atoms with Crippen molar-refractivity contribution in [2.45, 2.75) is 12.6 Å². The number of nitrogens with one attached hydrogen (secondary N) is 1. The zero-order chi connectivity index (χ0) is 21.2. The van der Waals surface area contributed by atoms with Crippen LogP contribution in [0.1, 0.15) is 27.6 Å². The second kappa shape index (κ2) is 8.40. The van der Waals surface area contributed by atoms with Crippen LogP contribution in [0.2, 0.25) is 0 Å². The standard InChI is InChI=1S/C27H20BrNO2/c28-24-14-5-3-12-21(24)27-23(26(30)22-13-4-6-15-25(22)31-27)17-29-16-19-10-7-9-18-8-1-2-11-20(18)19/h1-15,17,27,29H,16H2/b23-17+/t27-/m0/s1. The molecule has 0 amide bonds. The lowest BCUT2D eigenvalue weighted by Gasteiger charge is -2.28. The first-order chi connectivity index (χ1) is 15.2. The molecule has 0 saturated heterocycles. The summed E-state index contributed by atoms with van der Waals surface area (Å²) in [5, 5.41) is 5.77. The van der Waals surface area contributed by atoms with Gasteiger partial charge in [-0.1, -0.05) is 88.7 Å². The van der Waals surface area contributed by atoms with Gasteiger partial charge < -0.3 is 10.1 Å². The van der Waals surface area contributed by atoms with E-state index in [4.69, 9.17) is 4.74 Å². The number of fused-ring (bicyclic) bond motifs is 2. The maximum Gasteiger partial charge on any atom is 0.198 e. The summed E-state index contributed by atoms with van der Waals surface area (Å²) in [5.41, 5.74) is 3.27. The van der Waals surface area contributed by atoms with Crippen LogP contribution >= 0.6 is 15.9 Å². The molecule has 0 saturated carbocycles. The van der Waals surface area contributed by atoms with E-state index in [1.165, 1.54) is 16.3 Å². The predicted molar refractivity (Wildman–Crippen MR) is 127 cm³/mol. The van der Waals surface area contributed by atoms with Crippen LogP contribution in [0.15, 0.2) is 107 Å². The second-order valence-corrected chi connectivity index (χ2v) is 8.32. The van der Waals surface area contributed by atoms with E-state index in [1.54, 1.807) is 0 Å². The molecule has 0 unspecified atom stereocenters. The zero-order valence-electron chi connectivity index (χ0n) is 16.7. The maximum absolute atomic E-state index is 13.4. The number of ketones is 1. The van der Waals surface area contributed by atoms with Gasteiger partial charge in [-0.15, -0.1) is 0 Å². The molecule has 0 aliphatic carbocycles. The molecular formula is C27H20BrNO2. The summed E-state index contributed by atoms with van der Waals surface area (Å²) in [6.45, 7) is 0.614. The third kappa shape index (κ3) is 3.75. The van der Waals surface area contributed by atoms with Crippen LogP contribution in [0.3, 0.4) is 0 Å². The Balaban J connectivity index is 1.50. The molecule has 3 nitrogen and oxygen atoms in total. The van der Waals surface area contributed by atoms with Gasteiger partial charge in [0.05, 0.1) is 11.1 Å². The van der Waals surface area contributed by atoms with Crippen LogP contribution in [-0.4, -0.2) is 5.78 Å². The summed E-state index contributed by atoms with van der Waals surface area (Å²) in [4.78, 5) is 13.4. The van der Waals surface area contributed by atoms with Gasteiger partial charge in [-0.3, -0.25) is 4.79 Å². The Morgan fingerprint density at radius 3 is 2.52 bits per heavy atom. The summed E-state index contributed by atoms with van der Waals surface area (Å²) in [7, 11) is 0. The Labute approximate surface area is 189 Å². The minimum atomic E-state index is -0.488. The van der Waals surface area contributed by atoms with Crippen LogP contribution in [0, 0.1) is 0 Å². The molecule has 152 valence electrons. The minimum absolute atomic E-state index is 0.0203. The Morgan fingerprint density at radius 1 is 0.871 bits per heavy atom. The normalized spacial score (nSPS) is 16.7. The number of benzene rings is 4. The number of rotatable bonds is 4. The molecule has 4 aromatic carbocycles. The van der Waals surface area contributed by atoms with Gasteiger partial charge in [-0.2, -0.15) is 0 Å². The average Bonchev–Trinajstić information content (AvgIpc) is 2.81. The molecule has 1 N–H and O–H groups in total. The van der Waals surface area contributed by atoms with Crippen molar-refractivity contribution in [3.63, 3.8) is 0 Å². The largest absolute Gasteiger partial charge is 0.480 e. The molecule has 0 radical (unpaired) electrons. The fourth-order valence-corrected chi connectivity index (χ4v) is 4.49. The van der Waals surface area contributed by atoms with Crippen molar-refractivity contribution in [1.29, 1.82) is 0 Å². The van der Waals surface area contributed by atoms with Gasteiger partial charge in [-0.25, -0.2) is 0 Å². The monoisotopic (exact) mass is 469 g/mol. The third-order valence-electron chi connectivity index (χ3n) is 5.54. The maximum atomic E-state index is 13.4. The quantitative estimate of drug-likeness (QED) is 0.342. The van der Waals surface area contributed by atoms with Crippen molar-refractivity contribution in [3.8, 4) is 5.75 Å². The lowest BCUT2D eigenvalue weighted by Crippen LogP contribution is -2.26. The SMILES string of the molecule is O=C1/C(=C\NCc2cccc3ccccc23)[C@H](c2ccccc2Br)Oc2ccccc21. The van der Waals surface area contributed by atoms with Crippen molar-refractivity contribution in [1.82, 2.24) is 5.32 Å². The number of carbonyl (C=O) groups is 1. The molecular weight excluding hydrogens is 450 g/mol. The summed E-state index contributed by atoms with van der Waals surface area (Å²) in [6, 6.07) is 29.8. The van der Waals surface area contributed by atoms with Gasteiger partial charge in [0, 0.05) is 22.8 Å². The Hall–Kier alpha value is -3.37. The van der Waals surface area contributed by atoms with Gasteiger partial charge in [-0.05, 0) is 34.5 Å². The first-order valence-electron chi connectivity index (χ1n) is 10.2. The van der Waals surface area contributed by atoms with E-state index >= 15 is 0 Å². The summed E-state index contributed by atoms with van der Waals surface area (Å²) < 4.78 is 7.21. The Kier molecular flexibility index (Phi) is 5.31. The molecule has 1 aliphatic heterocycles. The van der Waals surface area contributed by atoms with Crippen molar-refractivity contribution < 1.29 is 9.53 Å². The molecule has 0 spiro atoms. The highest BCUT2D eigenvalue weighted by atomic mass is 79.9. The van der Waals surface area contributed by atoms with Crippen molar-refractivity contribution >= 4 is 32.5 Å².